The number of hydrogen-bond acceptors (Lipinski definition) is 6. The number of ether oxygens (including phenoxy) is 1. The van der Waals surface area contributed by atoms with Crippen LogP contribution in [-0.2, 0) is 17.6 Å². The highest BCUT2D eigenvalue weighted by atomic mass is 32.2. The van der Waals surface area contributed by atoms with Crippen LogP contribution in [-0.4, -0.2) is 39.0 Å². The summed E-state index contributed by atoms with van der Waals surface area (Å²) in [5.74, 6) is -0.377. The molecule has 1 N–H and O–H groups in total. The van der Waals surface area contributed by atoms with Gasteiger partial charge in [-0.3, -0.25) is 5.10 Å². The van der Waals surface area contributed by atoms with Gasteiger partial charge in [0.15, 0.2) is 10.9 Å². The fourth-order valence-electron chi connectivity index (χ4n) is 2.52. The molecular weight excluding hydrogens is 288 g/mol. The molecule has 2 aromatic heterocycles. The first-order chi connectivity index (χ1) is 10.2. The number of esters is 1. The Bertz CT molecular complexity index is 684. The second-order valence-corrected chi connectivity index (χ2v) is 5.50. The Morgan fingerprint density at radius 2 is 2.33 bits per heavy atom. The fraction of sp³-hybridized carbons (Fsp3) is 0.429. The van der Waals surface area contributed by atoms with Crippen molar-refractivity contribution in [3.05, 3.63) is 23.0 Å². The van der Waals surface area contributed by atoms with E-state index in [0.717, 1.165) is 41.8 Å². The molecule has 0 bridgehead atoms. The molecule has 110 valence electrons. The van der Waals surface area contributed by atoms with Gasteiger partial charge in [-0.05, 0) is 38.0 Å². The van der Waals surface area contributed by atoms with Crippen LogP contribution in [0.4, 0.5) is 0 Å². The highest BCUT2D eigenvalue weighted by Crippen LogP contribution is 2.32. The molecule has 2 aromatic rings. The molecule has 0 saturated carbocycles. The summed E-state index contributed by atoms with van der Waals surface area (Å²) < 4.78 is 5.07. The average Bonchev–Trinajstić information content (AvgIpc) is 2.83. The molecular formula is C14H16N4O2S. The first-order valence-corrected chi connectivity index (χ1v) is 8.11. The highest BCUT2D eigenvalue weighted by molar-refractivity contribution is 7.98. The largest absolute Gasteiger partial charge is 0.461 e. The van der Waals surface area contributed by atoms with Crippen LogP contribution >= 0.6 is 11.8 Å². The van der Waals surface area contributed by atoms with Crippen LogP contribution in [0.25, 0.3) is 11.4 Å². The lowest BCUT2D eigenvalue weighted by Gasteiger charge is -2.05. The van der Waals surface area contributed by atoms with Gasteiger partial charge in [0.05, 0.1) is 18.0 Å². The van der Waals surface area contributed by atoms with Crippen molar-refractivity contribution in [2.24, 2.45) is 0 Å². The minimum absolute atomic E-state index is 0.343. The van der Waals surface area contributed by atoms with E-state index in [1.807, 2.05) is 12.5 Å². The van der Waals surface area contributed by atoms with Gasteiger partial charge < -0.3 is 4.74 Å². The summed E-state index contributed by atoms with van der Waals surface area (Å²) in [5.41, 5.74) is 4.04. The molecule has 6 nitrogen and oxygen atoms in total. The molecule has 0 aliphatic heterocycles. The van der Waals surface area contributed by atoms with Crippen LogP contribution in [0.3, 0.4) is 0 Å². The van der Waals surface area contributed by atoms with Gasteiger partial charge in [-0.1, -0.05) is 11.8 Å². The van der Waals surface area contributed by atoms with Crippen molar-refractivity contribution in [3.63, 3.8) is 0 Å². The number of nitrogens with zero attached hydrogens (tertiary/aromatic N) is 3. The summed E-state index contributed by atoms with van der Waals surface area (Å²) in [5, 5.41) is 7.82. The van der Waals surface area contributed by atoms with Gasteiger partial charge in [-0.15, -0.1) is 0 Å². The van der Waals surface area contributed by atoms with Gasteiger partial charge >= 0.3 is 5.97 Å². The van der Waals surface area contributed by atoms with E-state index in [0.29, 0.717) is 17.5 Å². The number of carbonyl (C=O) groups excluding carboxylic acids is 1. The highest BCUT2D eigenvalue weighted by Gasteiger charge is 2.26. The third kappa shape index (κ3) is 2.53. The molecule has 2 heterocycles. The molecule has 21 heavy (non-hydrogen) atoms. The maximum absolute atomic E-state index is 12.0. The number of aromatic amines is 1. The zero-order valence-corrected chi connectivity index (χ0v) is 12.8. The number of nitrogens with one attached hydrogen (secondary N) is 1. The molecule has 0 amide bonds. The topological polar surface area (TPSA) is 80.8 Å². The fourth-order valence-corrected chi connectivity index (χ4v) is 2.86. The van der Waals surface area contributed by atoms with Crippen LogP contribution < -0.4 is 0 Å². The lowest BCUT2D eigenvalue weighted by Crippen LogP contribution is -2.08. The summed E-state index contributed by atoms with van der Waals surface area (Å²) in [7, 11) is 0. The van der Waals surface area contributed by atoms with E-state index in [4.69, 9.17) is 4.74 Å². The Morgan fingerprint density at radius 1 is 1.48 bits per heavy atom. The third-order valence-corrected chi connectivity index (χ3v) is 4.03. The predicted molar refractivity (Wildman–Crippen MR) is 79.4 cm³/mol. The summed E-state index contributed by atoms with van der Waals surface area (Å²) >= 11 is 1.50. The van der Waals surface area contributed by atoms with Crippen molar-refractivity contribution in [2.75, 3.05) is 12.9 Å². The third-order valence-electron chi connectivity index (χ3n) is 3.47. The molecule has 3 rings (SSSR count). The maximum Gasteiger partial charge on any atom is 0.359 e. The van der Waals surface area contributed by atoms with Crippen LogP contribution in [0.5, 0.6) is 0 Å². The summed E-state index contributed by atoms with van der Waals surface area (Å²) in [6.07, 6.45) is 6.43. The number of fused-ring (bicyclic) bond motifs is 3. The van der Waals surface area contributed by atoms with Crippen LogP contribution in [0.2, 0.25) is 0 Å². The lowest BCUT2D eigenvalue weighted by molar-refractivity contribution is 0.0518. The SMILES string of the molecule is CCOC(=O)c1n[nH]c2c1CCCc1cnc(SC)nc1-2. The molecule has 0 saturated heterocycles. The Labute approximate surface area is 126 Å². The maximum atomic E-state index is 12.0. The van der Waals surface area contributed by atoms with Crippen molar-refractivity contribution in [1.82, 2.24) is 20.2 Å². The van der Waals surface area contributed by atoms with E-state index in [-0.39, 0.29) is 5.97 Å². The van der Waals surface area contributed by atoms with Gasteiger partial charge in [-0.2, -0.15) is 5.10 Å². The number of carbonyl (C=O) groups is 1. The van der Waals surface area contributed by atoms with E-state index in [2.05, 4.69) is 20.2 Å². The molecule has 0 fully saturated rings. The zero-order valence-electron chi connectivity index (χ0n) is 12.0. The Kier molecular flexibility index (Phi) is 3.92. The molecule has 0 spiro atoms. The molecule has 1 aliphatic rings. The number of thioether (sulfide) groups is 1. The first kappa shape index (κ1) is 14.1. The monoisotopic (exact) mass is 304 g/mol. The Hall–Kier alpha value is -1.89. The summed E-state index contributed by atoms with van der Waals surface area (Å²) in [6, 6.07) is 0. The molecule has 7 heteroatoms. The number of aromatic nitrogens is 4. The quantitative estimate of drug-likeness (QED) is 0.532. The van der Waals surface area contributed by atoms with Crippen LogP contribution in [0, 0.1) is 0 Å². The van der Waals surface area contributed by atoms with E-state index >= 15 is 0 Å². The van der Waals surface area contributed by atoms with Crippen LogP contribution in [0.15, 0.2) is 11.4 Å². The lowest BCUT2D eigenvalue weighted by atomic mass is 10.1. The minimum atomic E-state index is -0.377. The predicted octanol–water partition coefficient (Wildman–Crippen LogP) is 2.25. The zero-order chi connectivity index (χ0) is 14.8. The van der Waals surface area contributed by atoms with Gasteiger partial charge in [0.2, 0.25) is 0 Å². The van der Waals surface area contributed by atoms with Crippen molar-refractivity contribution < 1.29 is 9.53 Å². The van der Waals surface area contributed by atoms with Crippen molar-refractivity contribution in [1.29, 1.82) is 0 Å². The minimum Gasteiger partial charge on any atom is -0.461 e. The molecule has 0 radical (unpaired) electrons. The van der Waals surface area contributed by atoms with E-state index in [9.17, 15) is 4.79 Å². The van der Waals surface area contributed by atoms with Gasteiger partial charge in [0.25, 0.3) is 0 Å². The average molecular weight is 304 g/mol. The standard InChI is InChI=1S/C14H16N4O2S/c1-3-20-13(19)12-9-6-4-5-8-7-15-14(21-2)16-10(8)11(9)17-18-12/h7H,3-6H2,1-2H3,(H,17,18). The second-order valence-electron chi connectivity index (χ2n) is 4.73. The van der Waals surface area contributed by atoms with Gasteiger partial charge in [0, 0.05) is 11.8 Å². The number of aryl methyl sites for hydroxylation is 1. The van der Waals surface area contributed by atoms with Crippen molar-refractivity contribution in [3.8, 4) is 11.4 Å². The molecule has 0 aromatic carbocycles. The number of H-pyrrole nitrogens is 1. The smallest absolute Gasteiger partial charge is 0.359 e. The normalized spacial score (nSPS) is 13.2. The summed E-state index contributed by atoms with van der Waals surface area (Å²) in [6.45, 7) is 2.13. The van der Waals surface area contributed by atoms with E-state index in [1.165, 1.54) is 11.8 Å². The molecule has 1 aliphatic carbocycles. The molecule has 0 unspecified atom stereocenters. The van der Waals surface area contributed by atoms with E-state index < -0.39 is 0 Å². The number of rotatable bonds is 3. The second kappa shape index (κ2) is 5.85. The molecule has 0 atom stereocenters. The first-order valence-electron chi connectivity index (χ1n) is 6.89. The Morgan fingerprint density at radius 3 is 3.10 bits per heavy atom. The van der Waals surface area contributed by atoms with Crippen molar-refractivity contribution >= 4 is 17.7 Å². The van der Waals surface area contributed by atoms with Crippen molar-refractivity contribution in [2.45, 2.75) is 31.3 Å². The summed E-state index contributed by atoms with van der Waals surface area (Å²) in [4.78, 5) is 20.9. The Balaban J connectivity index is 2.10. The van der Waals surface area contributed by atoms with Gasteiger partial charge in [-0.25, -0.2) is 14.8 Å². The van der Waals surface area contributed by atoms with Gasteiger partial charge in [0.1, 0.15) is 0 Å². The number of hydrogen-bond donors (Lipinski definition) is 1. The van der Waals surface area contributed by atoms with Crippen LogP contribution in [0.1, 0.15) is 35.0 Å². The van der Waals surface area contributed by atoms with E-state index in [1.54, 1.807) is 6.92 Å².